The summed E-state index contributed by atoms with van der Waals surface area (Å²) >= 11 is 5.87. The van der Waals surface area contributed by atoms with Gasteiger partial charge < -0.3 is 10.3 Å². The molecule has 2 rings (SSSR count). The normalized spacial score (nSPS) is 12.6. The van der Waals surface area contributed by atoms with E-state index in [1.165, 1.54) is 11.1 Å². The van der Waals surface area contributed by atoms with Crippen LogP contribution in [0.4, 0.5) is 0 Å². The summed E-state index contributed by atoms with van der Waals surface area (Å²) in [5, 5.41) is 0.775. The molecule has 2 aromatic rings. The Morgan fingerprint density at radius 1 is 1.22 bits per heavy atom. The summed E-state index contributed by atoms with van der Waals surface area (Å²) in [7, 11) is 0. The summed E-state index contributed by atoms with van der Waals surface area (Å²) in [5.41, 5.74) is 8.56. The van der Waals surface area contributed by atoms with Gasteiger partial charge in [-0.2, -0.15) is 0 Å². The van der Waals surface area contributed by atoms with Gasteiger partial charge in [0.25, 0.3) is 0 Å². The Kier molecular flexibility index (Phi) is 4.45. The van der Waals surface area contributed by atoms with E-state index in [4.69, 9.17) is 17.3 Å². The number of benzene rings is 1. The molecular formula is C15H19ClN2. The van der Waals surface area contributed by atoms with Gasteiger partial charge in [-0.1, -0.05) is 37.1 Å². The summed E-state index contributed by atoms with van der Waals surface area (Å²) in [6.07, 6.45) is 6.36. The van der Waals surface area contributed by atoms with Crippen LogP contribution in [-0.2, 0) is 6.54 Å². The Hall–Kier alpha value is -1.25. The molecule has 0 aliphatic rings. The Labute approximate surface area is 113 Å². The van der Waals surface area contributed by atoms with Gasteiger partial charge in [0.1, 0.15) is 0 Å². The first-order chi connectivity index (χ1) is 8.69. The molecule has 0 spiro atoms. The number of hydrogen-bond donors (Lipinski definition) is 1. The van der Waals surface area contributed by atoms with Crippen LogP contribution in [0.1, 0.15) is 36.9 Å². The van der Waals surface area contributed by atoms with Gasteiger partial charge in [-0.15, -0.1) is 0 Å². The molecule has 0 radical (unpaired) electrons. The number of aromatic nitrogens is 1. The monoisotopic (exact) mass is 262 g/mol. The van der Waals surface area contributed by atoms with Crippen molar-refractivity contribution in [1.82, 2.24) is 4.57 Å². The second-order valence-corrected chi connectivity index (χ2v) is 5.08. The third kappa shape index (κ3) is 3.37. The lowest BCUT2D eigenvalue weighted by atomic mass is 10.1. The van der Waals surface area contributed by atoms with Crippen molar-refractivity contribution in [2.75, 3.05) is 0 Å². The van der Waals surface area contributed by atoms with Gasteiger partial charge in [0.2, 0.25) is 0 Å². The van der Waals surface area contributed by atoms with E-state index < -0.39 is 0 Å². The summed E-state index contributed by atoms with van der Waals surface area (Å²) in [5.74, 6) is 0. The standard InChI is InChI=1S/C15H19ClN2/c1-2-3-15(17)13-8-9-18(11-13)10-12-4-6-14(16)7-5-12/h4-9,11,15H,2-3,10,17H2,1H3. The molecule has 0 saturated heterocycles. The fourth-order valence-electron chi connectivity index (χ4n) is 2.06. The molecule has 2 N–H and O–H groups in total. The molecule has 2 nitrogen and oxygen atoms in total. The topological polar surface area (TPSA) is 30.9 Å². The van der Waals surface area contributed by atoms with Crippen molar-refractivity contribution in [3.8, 4) is 0 Å². The van der Waals surface area contributed by atoms with Crippen LogP contribution >= 0.6 is 11.6 Å². The molecule has 0 saturated carbocycles. The van der Waals surface area contributed by atoms with E-state index in [0.717, 1.165) is 24.4 Å². The maximum atomic E-state index is 6.10. The Balaban J connectivity index is 2.04. The lowest BCUT2D eigenvalue weighted by Crippen LogP contribution is -2.08. The summed E-state index contributed by atoms with van der Waals surface area (Å²) in [6.45, 7) is 3.01. The van der Waals surface area contributed by atoms with Gasteiger partial charge in [-0.05, 0) is 35.7 Å². The largest absolute Gasteiger partial charge is 0.350 e. The zero-order valence-electron chi connectivity index (χ0n) is 10.6. The maximum absolute atomic E-state index is 6.10. The zero-order chi connectivity index (χ0) is 13.0. The number of hydrogen-bond acceptors (Lipinski definition) is 1. The molecule has 96 valence electrons. The predicted molar refractivity (Wildman–Crippen MR) is 76.8 cm³/mol. The maximum Gasteiger partial charge on any atom is 0.0470 e. The van der Waals surface area contributed by atoms with E-state index in [2.05, 4.69) is 30.0 Å². The number of halogens is 1. The molecule has 1 aromatic heterocycles. The highest BCUT2D eigenvalue weighted by molar-refractivity contribution is 6.30. The van der Waals surface area contributed by atoms with Crippen LogP contribution in [0.25, 0.3) is 0 Å². The number of nitrogens with two attached hydrogens (primary N) is 1. The minimum atomic E-state index is 0.154. The van der Waals surface area contributed by atoms with Crippen molar-refractivity contribution in [2.24, 2.45) is 5.73 Å². The van der Waals surface area contributed by atoms with Crippen LogP contribution in [0.5, 0.6) is 0 Å². The minimum absolute atomic E-state index is 0.154. The lowest BCUT2D eigenvalue weighted by Gasteiger charge is -2.07. The molecule has 1 heterocycles. The zero-order valence-corrected chi connectivity index (χ0v) is 11.4. The van der Waals surface area contributed by atoms with Crippen molar-refractivity contribution in [3.05, 3.63) is 58.9 Å². The molecule has 1 unspecified atom stereocenters. The van der Waals surface area contributed by atoms with Gasteiger partial charge in [0, 0.05) is 30.0 Å². The summed E-state index contributed by atoms with van der Waals surface area (Å²) < 4.78 is 2.16. The highest BCUT2D eigenvalue weighted by Crippen LogP contribution is 2.17. The molecule has 0 bridgehead atoms. The van der Waals surface area contributed by atoms with Crippen molar-refractivity contribution in [1.29, 1.82) is 0 Å². The molecule has 0 aliphatic heterocycles. The molecule has 1 aromatic carbocycles. The van der Waals surface area contributed by atoms with Crippen molar-refractivity contribution >= 4 is 11.6 Å². The number of rotatable bonds is 5. The van der Waals surface area contributed by atoms with E-state index in [0.29, 0.717) is 0 Å². The first-order valence-corrected chi connectivity index (χ1v) is 6.72. The Morgan fingerprint density at radius 2 is 1.94 bits per heavy atom. The van der Waals surface area contributed by atoms with Gasteiger partial charge in [0.15, 0.2) is 0 Å². The lowest BCUT2D eigenvalue weighted by molar-refractivity contribution is 0.636. The third-order valence-corrected chi connectivity index (χ3v) is 3.33. The molecule has 18 heavy (non-hydrogen) atoms. The smallest absolute Gasteiger partial charge is 0.0470 e. The Bertz CT molecular complexity index is 487. The average Bonchev–Trinajstić information content (AvgIpc) is 2.81. The van der Waals surface area contributed by atoms with Crippen LogP contribution in [0.3, 0.4) is 0 Å². The van der Waals surface area contributed by atoms with Crippen molar-refractivity contribution in [2.45, 2.75) is 32.4 Å². The highest BCUT2D eigenvalue weighted by Gasteiger charge is 2.06. The predicted octanol–water partition coefficient (Wildman–Crippen LogP) is 3.99. The molecule has 0 amide bonds. The summed E-state index contributed by atoms with van der Waals surface area (Å²) in [4.78, 5) is 0. The molecule has 3 heteroatoms. The molecule has 0 fully saturated rings. The van der Waals surface area contributed by atoms with Crippen LogP contribution in [-0.4, -0.2) is 4.57 Å². The minimum Gasteiger partial charge on any atom is -0.350 e. The van der Waals surface area contributed by atoms with Crippen molar-refractivity contribution in [3.63, 3.8) is 0 Å². The van der Waals surface area contributed by atoms with Gasteiger partial charge in [-0.3, -0.25) is 0 Å². The van der Waals surface area contributed by atoms with Gasteiger partial charge >= 0.3 is 0 Å². The first kappa shape index (κ1) is 13.2. The summed E-state index contributed by atoms with van der Waals surface area (Å²) in [6, 6.07) is 10.2. The SMILES string of the molecule is CCCC(N)c1ccn(Cc2ccc(Cl)cc2)c1. The van der Waals surface area contributed by atoms with Crippen LogP contribution in [0, 0.1) is 0 Å². The molecule has 1 atom stereocenters. The van der Waals surface area contributed by atoms with E-state index in [1.807, 2.05) is 24.3 Å². The fraction of sp³-hybridized carbons (Fsp3) is 0.333. The van der Waals surface area contributed by atoms with E-state index in [1.54, 1.807) is 0 Å². The first-order valence-electron chi connectivity index (χ1n) is 6.34. The molecule has 0 aliphatic carbocycles. The van der Waals surface area contributed by atoms with Crippen LogP contribution < -0.4 is 5.73 Å². The second-order valence-electron chi connectivity index (χ2n) is 4.64. The van der Waals surface area contributed by atoms with E-state index >= 15 is 0 Å². The van der Waals surface area contributed by atoms with Crippen LogP contribution in [0.15, 0.2) is 42.7 Å². The average molecular weight is 263 g/mol. The van der Waals surface area contributed by atoms with E-state index in [-0.39, 0.29) is 6.04 Å². The highest BCUT2D eigenvalue weighted by atomic mass is 35.5. The number of nitrogens with zero attached hydrogens (tertiary/aromatic N) is 1. The van der Waals surface area contributed by atoms with Gasteiger partial charge in [-0.25, -0.2) is 0 Å². The van der Waals surface area contributed by atoms with Crippen molar-refractivity contribution < 1.29 is 0 Å². The van der Waals surface area contributed by atoms with E-state index in [9.17, 15) is 0 Å². The third-order valence-electron chi connectivity index (χ3n) is 3.08. The quantitative estimate of drug-likeness (QED) is 0.868. The Morgan fingerprint density at radius 3 is 2.61 bits per heavy atom. The molecular weight excluding hydrogens is 244 g/mol. The fourth-order valence-corrected chi connectivity index (χ4v) is 2.18. The van der Waals surface area contributed by atoms with Crippen LogP contribution in [0.2, 0.25) is 5.02 Å². The second kappa shape index (κ2) is 6.07. The van der Waals surface area contributed by atoms with Gasteiger partial charge in [0.05, 0.1) is 0 Å².